The highest BCUT2D eigenvalue weighted by Crippen LogP contribution is 2.35. The van der Waals surface area contributed by atoms with Crippen molar-refractivity contribution in [3.63, 3.8) is 0 Å². The molecule has 0 bridgehead atoms. The number of ketones is 1. The minimum Gasteiger partial charge on any atom is -0.380 e. The number of fused-ring (bicyclic) bond motifs is 1. The topological polar surface area (TPSA) is 31.2 Å². The Balaban J connectivity index is 2.19. The molecule has 0 atom stereocenters. The van der Waals surface area contributed by atoms with E-state index in [1.54, 1.807) is 0 Å². The molecule has 0 unspecified atom stereocenters. The zero-order chi connectivity index (χ0) is 12.5. The monoisotopic (exact) mass is 235 g/mol. The van der Waals surface area contributed by atoms with Crippen LogP contribution in [0.3, 0.4) is 0 Å². The van der Waals surface area contributed by atoms with Crippen LogP contribution in [0.25, 0.3) is 0 Å². The second kappa shape index (κ2) is 4.65. The van der Waals surface area contributed by atoms with Crippen molar-refractivity contribution in [2.45, 2.75) is 40.2 Å². The Morgan fingerprint density at radius 1 is 1.41 bits per heavy atom. The van der Waals surface area contributed by atoms with E-state index in [1.165, 1.54) is 5.69 Å². The van der Waals surface area contributed by atoms with Gasteiger partial charge in [-0.2, -0.15) is 0 Å². The van der Waals surface area contributed by atoms with Crippen LogP contribution < -0.4 is 0 Å². The fourth-order valence-corrected chi connectivity index (χ4v) is 2.52. The Labute approximate surface area is 103 Å². The third-order valence-corrected chi connectivity index (χ3v) is 3.34. The number of carbonyl (C=O) groups excluding carboxylic acids is 1. The average Bonchev–Trinajstić information content (AvgIpc) is 2.60. The van der Waals surface area contributed by atoms with Crippen molar-refractivity contribution in [3.8, 4) is 0 Å². The van der Waals surface area contributed by atoms with Crippen LogP contribution in [-0.2, 0) is 17.7 Å². The Kier molecular flexibility index (Phi) is 3.38. The standard InChI is InChI=1S/C14H21NO2/c1-4-17-8-7-15-6-5-11-12(15)9-14(2,3)10-13(11)16/h5-6H,4,7-10H2,1-3H3. The largest absolute Gasteiger partial charge is 0.380 e. The summed E-state index contributed by atoms with van der Waals surface area (Å²) in [6, 6.07) is 1.96. The van der Waals surface area contributed by atoms with Crippen molar-refractivity contribution in [2.24, 2.45) is 5.41 Å². The van der Waals surface area contributed by atoms with E-state index in [1.807, 2.05) is 19.2 Å². The molecule has 0 aliphatic heterocycles. The quantitative estimate of drug-likeness (QED) is 0.751. The maximum absolute atomic E-state index is 12.0. The molecular formula is C14H21NO2. The highest BCUT2D eigenvalue weighted by Gasteiger charge is 2.32. The second-order valence-electron chi connectivity index (χ2n) is 5.51. The van der Waals surface area contributed by atoms with Gasteiger partial charge in [-0.15, -0.1) is 0 Å². The van der Waals surface area contributed by atoms with Gasteiger partial charge in [0, 0.05) is 37.0 Å². The minimum absolute atomic E-state index is 0.0891. The number of rotatable bonds is 4. The van der Waals surface area contributed by atoms with Crippen LogP contribution in [0.4, 0.5) is 0 Å². The van der Waals surface area contributed by atoms with E-state index >= 15 is 0 Å². The molecule has 0 saturated heterocycles. The Morgan fingerprint density at radius 2 is 2.18 bits per heavy atom. The third kappa shape index (κ3) is 2.60. The summed E-state index contributed by atoms with van der Waals surface area (Å²) < 4.78 is 7.54. The van der Waals surface area contributed by atoms with Crippen molar-refractivity contribution >= 4 is 5.78 Å². The molecule has 2 rings (SSSR count). The predicted molar refractivity (Wildman–Crippen MR) is 67.4 cm³/mol. The highest BCUT2D eigenvalue weighted by atomic mass is 16.5. The lowest BCUT2D eigenvalue weighted by Gasteiger charge is -2.29. The molecule has 1 aliphatic carbocycles. The van der Waals surface area contributed by atoms with Crippen LogP contribution in [0.1, 0.15) is 43.2 Å². The van der Waals surface area contributed by atoms with Crippen LogP contribution in [0.2, 0.25) is 0 Å². The first kappa shape index (κ1) is 12.4. The van der Waals surface area contributed by atoms with Gasteiger partial charge in [-0.25, -0.2) is 0 Å². The lowest BCUT2D eigenvalue weighted by Crippen LogP contribution is -2.28. The Hall–Kier alpha value is -1.09. The van der Waals surface area contributed by atoms with Gasteiger partial charge in [-0.1, -0.05) is 13.8 Å². The molecule has 0 N–H and O–H groups in total. The summed E-state index contributed by atoms with van der Waals surface area (Å²) in [5.74, 6) is 0.284. The van der Waals surface area contributed by atoms with Crippen molar-refractivity contribution in [1.29, 1.82) is 0 Å². The number of hydrogen-bond acceptors (Lipinski definition) is 2. The molecule has 1 heterocycles. The molecule has 0 saturated carbocycles. The average molecular weight is 235 g/mol. The van der Waals surface area contributed by atoms with Gasteiger partial charge in [0.05, 0.1) is 6.61 Å². The number of Topliss-reactive ketones (excluding diaryl/α,β-unsaturated/α-hetero) is 1. The normalized spacial score (nSPS) is 18.2. The van der Waals surface area contributed by atoms with E-state index in [2.05, 4.69) is 18.4 Å². The van der Waals surface area contributed by atoms with Crippen LogP contribution in [0.5, 0.6) is 0 Å². The summed E-state index contributed by atoms with van der Waals surface area (Å²) in [7, 11) is 0. The van der Waals surface area contributed by atoms with Gasteiger partial charge in [0.15, 0.2) is 5.78 Å². The van der Waals surface area contributed by atoms with Gasteiger partial charge < -0.3 is 9.30 Å². The molecule has 3 heteroatoms. The molecule has 0 spiro atoms. The molecular weight excluding hydrogens is 214 g/mol. The zero-order valence-electron chi connectivity index (χ0n) is 11.0. The van der Waals surface area contributed by atoms with Crippen LogP contribution >= 0.6 is 0 Å². The number of ether oxygens (including phenoxy) is 1. The maximum Gasteiger partial charge on any atom is 0.165 e. The molecule has 3 nitrogen and oxygen atoms in total. The van der Waals surface area contributed by atoms with Gasteiger partial charge in [-0.05, 0) is 24.8 Å². The fraction of sp³-hybridized carbons (Fsp3) is 0.643. The van der Waals surface area contributed by atoms with E-state index in [-0.39, 0.29) is 11.2 Å². The van der Waals surface area contributed by atoms with E-state index in [0.717, 1.165) is 25.1 Å². The zero-order valence-corrected chi connectivity index (χ0v) is 11.0. The summed E-state index contributed by atoms with van der Waals surface area (Å²) in [5.41, 5.74) is 2.19. The molecule has 0 aromatic carbocycles. The second-order valence-corrected chi connectivity index (χ2v) is 5.51. The number of hydrogen-bond donors (Lipinski definition) is 0. The van der Waals surface area contributed by atoms with Crippen molar-refractivity contribution in [3.05, 3.63) is 23.5 Å². The fourth-order valence-electron chi connectivity index (χ4n) is 2.52. The number of aromatic nitrogens is 1. The molecule has 1 aromatic rings. The van der Waals surface area contributed by atoms with E-state index in [4.69, 9.17) is 4.74 Å². The summed E-state index contributed by atoms with van der Waals surface area (Å²) in [4.78, 5) is 12.0. The van der Waals surface area contributed by atoms with Crippen LogP contribution in [0, 0.1) is 5.41 Å². The summed E-state index contributed by atoms with van der Waals surface area (Å²) in [6.45, 7) is 8.62. The summed E-state index contributed by atoms with van der Waals surface area (Å²) in [5, 5.41) is 0. The highest BCUT2D eigenvalue weighted by molar-refractivity contribution is 5.98. The van der Waals surface area contributed by atoms with E-state index in [9.17, 15) is 4.79 Å². The first-order valence-electron chi connectivity index (χ1n) is 6.32. The first-order valence-corrected chi connectivity index (χ1v) is 6.32. The van der Waals surface area contributed by atoms with E-state index in [0.29, 0.717) is 13.0 Å². The first-order chi connectivity index (χ1) is 8.03. The molecule has 17 heavy (non-hydrogen) atoms. The summed E-state index contributed by atoms with van der Waals surface area (Å²) >= 11 is 0. The molecule has 94 valence electrons. The maximum atomic E-state index is 12.0. The smallest absolute Gasteiger partial charge is 0.165 e. The Bertz CT molecular complexity index is 418. The van der Waals surface area contributed by atoms with Crippen LogP contribution in [0.15, 0.2) is 12.3 Å². The molecule has 0 amide bonds. The van der Waals surface area contributed by atoms with Gasteiger partial charge in [0.2, 0.25) is 0 Å². The van der Waals surface area contributed by atoms with Gasteiger partial charge in [-0.3, -0.25) is 4.79 Å². The number of carbonyl (C=O) groups is 1. The summed E-state index contributed by atoms with van der Waals surface area (Å²) in [6.07, 6.45) is 3.66. The SMILES string of the molecule is CCOCCn1ccc2c1CC(C)(C)CC2=O. The third-order valence-electron chi connectivity index (χ3n) is 3.34. The minimum atomic E-state index is 0.0891. The van der Waals surface area contributed by atoms with Gasteiger partial charge in [0.25, 0.3) is 0 Å². The number of nitrogens with zero attached hydrogens (tertiary/aromatic N) is 1. The molecule has 1 aliphatic rings. The van der Waals surface area contributed by atoms with Gasteiger partial charge >= 0.3 is 0 Å². The van der Waals surface area contributed by atoms with Crippen molar-refractivity contribution < 1.29 is 9.53 Å². The van der Waals surface area contributed by atoms with E-state index < -0.39 is 0 Å². The Morgan fingerprint density at radius 3 is 2.88 bits per heavy atom. The van der Waals surface area contributed by atoms with Crippen LogP contribution in [-0.4, -0.2) is 23.6 Å². The molecule has 0 radical (unpaired) electrons. The van der Waals surface area contributed by atoms with Crippen molar-refractivity contribution in [1.82, 2.24) is 4.57 Å². The molecule has 0 fully saturated rings. The molecule has 1 aromatic heterocycles. The van der Waals surface area contributed by atoms with Gasteiger partial charge in [0.1, 0.15) is 0 Å². The lowest BCUT2D eigenvalue weighted by atomic mass is 9.76. The lowest BCUT2D eigenvalue weighted by molar-refractivity contribution is 0.0907. The predicted octanol–water partition coefficient (Wildman–Crippen LogP) is 2.68. The van der Waals surface area contributed by atoms with Crippen molar-refractivity contribution in [2.75, 3.05) is 13.2 Å².